The van der Waals surface area contributed by atoms with Gasteiger partial charge in [-0.1, -0.05) is 6.07 Å². The Morgan fingerprint density at radius 2 is 2.21 bits per heavy atom. The van der Waals surface area contributed by atoms with Crippen molar-refractivity contribution >= 4 is 11.9 Å². The molecule has 1 fully saturated rings. The van der Waals surface area contributed by atoms with E-state index in [9.17, 15) is 9.59 Å². The lowest BCUT2D eigenvalue weighted by molar-refractivity contribution is -0.142. The first kappa shape index (κ1) is 13.5. The number of hydrogen-bond acceptors (Lipinski definition) is 3. The zero-order valence-electron chi connectivity index (χ0n) is 11.1. The molecule has 0 spiro atoms. The Hall–Kier alpha value is -1.91. The molecule has 1 N–H and O–H groups in total. The van der Waals surface area contributed by atoms with E-state index in [1.807, 2.05) is 26.0 Å². The minimum Gasteiger partial charge on any atom is -0.481 e. The number of aromatic nitrogens is 1. The predicted molar refractivity (Wildman–Crippen MR) is 69.2 cm³/mol. The third kappa shape index (κ3) is 3.10. The van der Waals surface area contributed by atoms with Gasteiger partial charge >= 0.3 is 5.97 Å². The van der Waals surface area contributed by atoms with Crippen LogP contribution < -0.4 is 0 Å². The maximum Gasteiger partial charge on any atom is 0.307 e. The van der Waals surface area contributed by atoms with Gasteiger partial charge in [-0.25, -0.2) is 0 Å². The van der Waals surface area contributed by atoms with E-state index in [0.717, 1.165) is 5.56 Å². The van der Waals surface area contributed by atoms with Crippen LogP contribution in [-0.4, -0.2) is 32.9 Å². The SMILES string of the molecule is CC(C)N(Cc1cccnc1)C(=O)[C@@H]1C[C@@H]1C(=O)O. The highest BCUT2D eigenvalue weighted by molar-refractivity contribution is 5.89. The van der Waals surface area contributed by atoms with Crippen LogP contribution in [0, 0.1) is 11.8 Å². The quantitative estimate of drug-likeness (QED) is 0.873. The van der Waals surface area contributed by atoms with Gasteiger partial charge in [-0.15, -0.1) is 0 Å². The molecule has 2 rings (SSSR count). The van der Waals surface area contributed by atoms with Crippen LogP contribution in [0.5, 0.6) is 0 Å². The Bertz CT molecular complexity index is 473. The van der Waals surface area contributed by atoms with Crippen molar-refractivity contribution in [2.45, 2.75) is 32.9 Å². The molecule has 1 aliphatic carbocycles. The number of carbonyl (C=O) groups is 2. The molecule has 1 heterocycles. The second-order valence-corrected chi connectivity index (χ2v) is 5.21. The minimum absolute atomic E-state index is 0.0442. The zero-order chi connectivity index (χ0) is 14.0. The molecule has 0 aromatic carbocycles. The second kappa shape index (κ2) is 5.38. The highest BCUT2D eigenvalue weighted by Crippen LogP contribution is 2.40. The molecule has 2 atom stereocenters. The van der Waals surface area contributed by atoms with Gasteiger partial charge in [-0.3, -0.25) is 14.6 Å². The Kier molecular flexibility index (Phi) is 3.83. The van der Waals surface area contributed by atoms with E-state index < -0.39 is 11.9 Å². The monoisotopic (exact) mass is 262 g/mol. The van der Waals surface area contributed by atoms with Gasteiger partial charge in [-0.05, 0) is 31.9 Å². The first-order valence-electron chi connectivity index (χ1n) is 6.43. The molecule has 5 heteroatoms. The molecule has 1 amide bonds. The maximum atomic E-state index is 12.3. The lowest BCUT2D eigenvalue weighted by atomic mass is 10.2. The van der Waals surface area contributed by atoms with E-state index in [2.05, 4.69) is 4.98 Å². The van der Waals surface area contributed by atoms with Crippen LogP contribution >= 0.6 is 0 Å². The van der Waals surface area contributed by atoms with Gasteiger partial charge in [0.25, 0.3) is 0 Å². The Morgan fingerprint density at radius 3 is 2.68 bits per heavy atom. The van der Waals surface area contributed by atoms with Crippen molar-refractivity contribution in [3.8, 4) is 0 Å². The summed E-state index contributed by atoms with van der Waals surface area (Å²) >= 11 is 0. The Balaban J connectivity index is 2.05. The van der Waals surface area contributed by atoms with Crippen LogP contribution in [-0.2, 0) is 16.1 Å². The predicted octanol–water partition coefficient (Wildman–Crippen LogP) is 1.54. The van der Waals surface area contributed by atoms with Crippen LogP contribution in [0.15, 0.2) is 24.5 Å². The molecule has 102 valence electrons. The number of nitrogens with zero attached hydrogens (tertiary/aromatic N) is 2. The van der Waals surface area contributed by atoms with Crippen molar-refractivity contribution in [2.75, 3.05) is 0 Å². The molecule has 0 saturated heterocycles. The third-order valence-electron chi connectivity index (χ3n) is 3.41. The number of carboxylic acids is 1. The molecule has 1 aromatic rings. The summed E-state index contributed by atoms with van der Waals surface area (Å²) in [6.45, 7) is 4.35. The van der Waals surface area contributed by atoms with Crippen LogP contribution in [0.3, 0.4) is 0 Å². The molecule has 0 bridgehead atoms. The highest BCUT2D eigenvalue weighted by atomic mass is 16.4. The summed E-state index contributed by atoms with van der Waals surface area (Å²) in [6, 6.07) is 3.79. The number of rotatable bonds is 5. The average molecular weight is 262 g/mol. The zero-order valence-corrected chi connectivity index (χ0v) is 11.1. The summed E-state index contributed by atoms with van der Waals surface area (Å²) in [5.74, 6) is -1.78. The van der Waals surface area contributed by atoms with Crippen molar-refractivity contribution in [3.63, 3.8) is 0 Å². The molecular formula is C14H18N2O3. The highest BCUT2D eigenvalue weighted by Gasteiger charge is 2.50. The van der Waals surface area contributed by atoms with Crippen LogP contribution in [0.25, 0.3) is 0 Å². The molecule has 1 aromatic heterocycles. The number of carboxylic acid groups (broad SMARTS) is 1. The molecule has 0 radical (unpaired) electrons. The normalized spacial score (nSPS) is 21.2. The largest absolute Gasteiger partial charge is 0.481 e. The summed E-state index contributed by atoms with van der Waals surface area (Å²) in [6.07, 6.45) is 3.88. The number of hydrogen-bond donors (Lipinski definition) is 1. The average Bonchev–Trinajstić information content (AvgIpc) is 3.16. The summed E-state index contributed by atoms with van der Waals surface area (Å²) in [4.78, 5) is 28.9. The van der Waals surface area contributed by atoms with Gasteiger partial charge in [0.05, 0.1) is 11.8 Å². The lowest BCUT2D eigenvalue weighted by Crippen LogP contribution is -2.38. The standard InChI is InChI=1S/C14H18N2O3/c1-9(2)16(8-10-4-3-5-15-7-10)13(17)11-6-12(11)14(18)19/h3-5,7,9,11-12H,6,8H2,1-2H3,(H,18,19)/t11-,12+/m1/s1. The van der Waals surface area contributed by atoms with Gasteiger partial charge < -0.3 is 10.0 Å². The van der Waals surface area contributed by atoms with E-state index in [0.29, 0.717) is 13.0 Å². The summed E-state index contributed by atoms with van der Waals surface area (Å²) < 4.78 is 0. The van der Waals surface area contributed by atoms with Crippen molar-refractivity contribution in [2.24, 2.45) is 11.8 Å². The Morgan fingerprint density at radius 1 is 1.47 bits per heavy atom. The second-order valence-electron chi connectivity index (χ2n) is 5.21. The number of amides is 1. The molecule has 1 aliphatic rings. The topological polar surface area (TPSA) is 70.5 Å². The minimum atomic E-state index is -0.872. The first-order valence-corrected chi connectivity index (χ1v) is 6.43. The van der Waals surface area contributed by atoms with Crippen molar-refractivity contribution in [1.29, 1.82) is 0 Å². The molecular weight excluding hydrogens is 244 g/mol. The van der Waals surface area contributed by atoms with E-state index >= 15 is 0 Å². The van der Waals surface area contributed by atoms with E-state index in [1.54, 1.807) is 17.3 Å². The maximum absolute atomic E-state index is 12.3. The fraction of sp³-hybridized carbons (Fsp3) is 0.500. The molecule has 0 aliphatic heterocycles. The number of carbonyl (C=O) groups excluding carboxylic acids is 1. The van der Waals surface area contributed by atoms with E-state index in [1.165, 1.54) is 0 Å². The number of aliphatic carboxylic acids is 1. The molecule has 0 unspecified atom stereocenters. The summed E-state index contributed by atoms with van der Waals surface area (Å²) in [7, 11) is 0. The van der Waals surface area contributed by atoms with Crippen molar-refractivity contribution in [3.05, 3.63) is 30.1 Å². The summed E-state index contributed by atoms with van der Waals surface area (Å²) in [5.41, 5.74) is 0.956. The number of pyridine rings is 1. The molecule has 5 nitrogen and oxygen atoms in total. The summed E-state index contributed by atoms with van der Waals surface area (Å²) in [5, 5.41) is 8.90. The van der Waals surface area contributed by atoms with Gasteiger partial charge in [0.2, 0.25) is 5.91 Å². The van der Waals surface area contributed by atoms with Gasteiger partial charge in [-0.2, -0.15) is 0 Å². The van der Waals surface area contributed by atoms with E-state index in [-0.39, 0.29) is 17.9 Å². The van der Waals surface area contributed by atoms with Gasteiger partial charge in [0, 0.05) is 25.0 Å². The fourth-order valence-electron chi connectivity index (χ4n) is 2.16. The fourth-order valence-corrected chi connectivity index (χ4v) is 2.16. The van der Waals surface area contributed by atoms with Crippen molar-refractivity contribution in [1.82, 2.24) is 9.88 Å². The smallest absolute Gasteiger partial charge is 0.307 e. The van der Waals surface area contributed by atoms with Crippen LogP contribution in [0.1, 0.15) is 25.8 Å². The molecule has 1 saturated carbocycles. The van der Waals surface area contributed by atoms with Gasteiger partial charge in [0.1, 0.15) is 0 Å². The lowest BCUT2D eigenvalue weighted by Gasteiger charge is -2.27. The van der Waals surface area contributed by atoms with Crippen LogP contribution in [0.4, 0.5) is 0 Å². The molecule has 19 heavy (non-hydrogen) atoms. The third-order valence-corrected chi connectivity index (χ3v) is 3.41. The first-order chi connectivity index (χ1) is 9.00. The Labute approximate surface area is 112 Å². The van der Waals surface area contributed by atoms with Crippen LogP contribution in [0.2, 0.25) is 0 Å². The van der Waals surface area contributed by atoms with E-state index in [4.69, 9.17) is 5.11 Å². The van der Waals surface area contributed by atoms with Gasteiger partial charge in [0.15, 0.2) is 0 Å². The van der Waals surface area contributed by atoms with Crippen molar-refractivity contribution < 1.29 is 14.7 Å².